The Hall–Kier alpha value is -2.46. The van der Waals surface area contributed by atoms with Crippen molar-refractivity contribution in [2.75, 3.05) is 7.05 Å². The molecule has 0 aliphatic heterocycles. The van der Waals surface area contributed by atoms with Gasteiger partial charge in [-0.2, -0.15) is 0 Å². The first-order valence-electron chi connectivity index (χ1n) is 6.73. The predicted octanol–water partition coefficient (Wildman–Crippen LogP) is 3.89. The molecule has 1 N–H and O–H groups in total. The molecule has 2 aromatic carbocycles. The number of aromatic nitrogens is 1. The molecule has 1 heterocycles. The van der Waals surface area contributed by atoms with E-state index in [2.05, 4.69) is 10.3 Å². The molecule has 0 bridgehead atoms. The van der Waals surface area contributed by atoms with Crippen LogP contribution >= 0.6 is 0 Å². The third kappa shape index (κ3) is 2.71. The van der Waals surface area contributed by atoms with Gasteiger partial charge in [-0.1, -0.05) is 12.1 Å². The summed E-state index contributed by atoms with van der Waals surface area (Å²) in [5.74, 6) is 0.907. The molecule has 106 valence electrons. The smallest absolute Gasteiger partial charge is 0.136 e. The minimum atomic E-state index is -0.278. The van der Waals surface area contributed by atoms with Gasteiger partial charge in [-0.05, 0) is 43.4 Å². The number of nitrogens with one attached hydrogen (secondary N) is 1. The van der Waals surface area contributed by atoms with Crippen molar-refractivity contribution in [2.45, 2.75) is 6.54 Å². The number of rotatable bonds is 4. The lowest BCUT2D eigenvalue weighted by Crippen LogP contribution is -2.08. The standard InChI is InChI=1S/C17H15FN2O/c1-19-11-13-14(18)6-2-8-17(13)21-16-9-3-7-15-12(16)5-4-10-20-15/h2-10,19H,11H2,1H3. The Morgan fingerprint density at radius 2 is 1.86 bits per heavy atom. The summed E-state index contributed by atoms with van der Waals surface area (Å²) >= 11 is 0. The monoisotopic (exact) mass is 282 g/mol. The molecule has 3 nitrogen and oxygen atoms in total. The number of hydrogen-bond acceptors (Lipinski definition) is 3. The van der Waals surface area contributed by atoms with Crippen molar-refractivity contribution < 1.29 is 9.13 Å². The number of halogens is 1. The molecule has 3 rings (SSSR count). The van der Waals surface area contributed by atoms with Crippen LogP contribution in [0.25, 0.3) is 10.9 Å². The summed E-state index contributed by atoms with van der Waals surface area (Å²) in [4.78, 5) is 4.29. The highest BCUT2D eigenvalue weighted by atomic mass is 19.1. The predicted molar refractivity (Wildman–Crippen MR) is 81.0 cm³/mol. The number of nitrogens with zero attached hydrogens (tertiary/aromatic N) is 1. The van der Waals surface area contributed by atoms with Crippen molar-refractivity contribution in [2.24, 2.45) is 0 Å². The Bertz CT molecular complexity index is 768. The summed E-state index contributed by atoms with van der Waals surface area (Å²) in [5.41, 5.74) is 1.36. The molecule has 0 aliphatic carbocycles. The highest BCUT2D eigenvalue weighted by molar-refractivity contribution is 5.85. The summed E-state index contributed by atoms with van der Waals surface area (Å²) in [6.45, 7) is 0.408. The van der Waals surface area contributed by atoms with Gasteiger partial charge in [-0.3, -0.25) is 4.98 Å². The van der Waals surface area contributed by atoms with Gasteiger partial charge in [-0.25, -0.2) is 4.39 Å². The first-order valence-corrected chi connectivity index (χ1v) is 6.73. The Labute approximate surface area is 122 Å². The normalized spacial score (nSPS) is 10.8. The van der Waals surface area contributed by atoms with Crippen LogP contribution in [-0.2, 0) is 6.54 Å². The maximum Gasteiger partial charge on any atom is 0.136 e. The maximum atomic E-state index is 13.9. The average molecular weight is 282 g/mol. The second-order valence-corrected chi connectivity index (χ2v) is 4.68. The maximum absolute atomic E-state index is 13.9. The lowest BCUT2D eigenvalue weighted by Gasteiger charge is -2.13. The van der Waals surface area contributed by atoms with Gasteiger partial charge in [0.15, 0.2) is 0 Å². The van der Waals surface area contributed by atoms with Crippen LogP contribution in [0.2, 0.25) is 0 Å². The molecular weight excluding hydrogens is 267 g/mol. The first-order chi connectivity index (χ1) is 10.3. The Balaban J connectivity index is 2.05. The molecule has 21 heavy (non-hydrogen) atoms. The zero-order valence-corrected chi connectivity index (χ0v) is 11.6. The molecule has 0 spiro atoms. The van der Waals surface area contributed by atoms with Crippen molar-refractivity contribution in [1.82, 2.24) is 10.3 Å². The largest absolute Gasteiger partial charge is 0.456 e. The van der Waals surface area contributed by atoms with Crippen LogP contribution < -0.4 is 10.1 Å². The van der Waals surface area contributed by atoms with E-state index in [0.717, 1.165) is 10.9 Å². The van der Waals surface area contributed by atoms with Crippen LogP contribution in [0.1, 0.15) is 5.56 Å². The van der Waals surface area contributed by atoms with Crippen molar-refractivity contribution in [3.63, 3.8) is 0 Å². The molecule has 0 amide bonds. The lowest BCUT2D eigenvalue weighted by atomic mass is 10.1. The quantitative estimate of drug-likeness (QED) is 0.788. The second-order valence-electron chi connectivity index (χ2n) is 4.68. The SMILES string of the molecule is CNCc1c(F)cccc1Oc1cccc2ncccc12. The third-order valence-electron chi connectivity index (χ3n) is 3.26. The molecule has 3 aromatic rings. The van der Waals surface area contributed by atoms with E-state index >= 15 is 0 Å². The van der Waals surface area contributed by atoms with E-state index in [4.69, 9.17) is 4.74 Å². The fourth-order valence-electron chi connectivity index (χ4n) is 2.27. The molecule has 0 saturated heterocycles. The molecule has 0 atom stereocenters. The Morgan fingerprint density at radius 1 is 1.05 bits per heavy atom. The minimum Gasteiger partial charge on any atom is -0.456 e. The molecule has 0 unspecified atom stereocenters. The summed E-state index contributed by atoms with van der Waals surface area (Å²) in [5, 5.41) is 3.86. The fourth-order valence-corrected chi connectivity index (χ4v) is 2.27. The van der Waals surface area contributed by atoms with E-state index in [1.807, 2.05) is 30.3 Å². The van der Waals surface area contributed by atoms with Crippen molar-refractivity contribution in [3.8, 4) is 11.5 Å². The second kappa shape index (κ2) is 5.89. The van der Waals surface area contributed by atoms with Crippen LogP contribution in [0.5, 0.6) is 11.5 Å². The summed E-state index contributed by atoms with van der Waals surface area (Å²) < 4.78 is 19.9. The van der Waals surface area contributed by atoms with E-state index < -0.39 is 0 Å². The summed E-state index contributed by atoms with van der Waals surface area (Å²) in [7, 11) is 1.78. The van der Waals surface area contributed by atoms with Gasteiger partial charge >= 0.3 is 0 Å². The minimum absolute atomic E-state index is 0.278. The molecule has 0 aliphatic rings. The van der Waals surface area contributed by atoms with Gasteiger partial charge in [-0.15, -0.1) is 0 Å². The molecule has 0 fully saturated rings. The molecule has 1 aromatic heterocycles. The van der Waals surface area contributed by atoms with Crippen LogP contribution in [-0.4, -0.2) is 12.0 Å². The fraction of sp³-hybridized carbons (Fsp3) is 0.118. The van der Waals surface area contributed by atoms with E-state index in [1.54, 1.807) is 25.4 Å². The van der Waals surface area contributed by atoms with Gasteiger partial charge in [0, 0.05) is 23.7 Å². The molecule has 0 saturated carbocycles. The van der Waals surface area contributed by atoms with E-state index in [0.29, 0.717) is 23.6 Å². The van der Waals surface area contributed by atoms with Crippen LogP contribution in [0, 0.1) is 5.82 Å². The van der Waals surface area contributed by atoms with E-state index in [1.165, 1.54) is 6.07 Å². The number of ether oxygens (including phenoxy) is 1. The summed E-state index contributed by atoms with van der Waals surface area (Å²) in [6.07, 6.45) is 1.74. The van der Waals surface area contributed by atoms with Gasteiger partial charge in [0.05, 0.1) is 5.52 Å². The van der Waals surface area contributed by atoms with Crippen molar-refractivity contribution >= 4 is 10.9 Å². The number of fused-ring (bicyclic) bond motifs is 1. The third-order valence-corrected chi connectivity index (χ3v) is 3.26. The van der Waals surface area contributed by atoms with Crippen LogP contribution in [0.4, 0.5) is 4.39 Å². The van der Waals surface area contributed by atoms with Gasteiger partial charge in [0.1, 0.15) is 17.3 Å². The van der Waals surface area contributed by atoms with Crippen molar-refractivity contribution in [1.29, 1.82) is 0 Å². The van der Waals surface area contributed by atoms with Crippen LogP contribution in [0.15, 0.2) is 54.7 Å². The van der Waals surface area contributed by atoms with Gasteiger partial charge in [0.25, 0.3) is 0 Å². The zero-order chi connectivity index (χ0) is 14.7. The lowest BCUT2D eigenvalue weighted by molar-refractivity contribution is 0.469. The van der Waals surface area contributed by atoms with Gasteiger partial charge in [0.2, 0.25) is 0 Å². The number of hydrogen-bond donors (Lipinski definition) is 1. The first kappa shape index (κ1) is 13.5. The highest BCUT2D eigenvalue weighted by Crippen LogP contribution is 2.31. The molecular formula is C17H15FN2O. The highest BCUT2D eigenvalue weighted by Gasteiger charge is 2.11. The Morgan fingerprint density at radius 3 is 2.71 bits per heavy atom. The zero-order valence-electron chi connectivity index (χ0n) is 11.6. The number of benzene rings is 2. The molecule has 4 heteroatoms. The van der Waals surface area contributed by atoms with E-state index in [-0.39, 0.29) is 5.82 Å². The van der Waals surface area contributed by atoms with Crippen molar-refractivity contribution in [3.05, 3.63) is 66.1 Å². The van der Waals surface area contributed by atoms with Gasteiger partial charge < -0.3 is 10.1 Å². The molecule has 0 radical (unpaired) electrons. The van der Waals surface area contributed by atoms with E-state index in [9.17, 15) is 4.39 Å². The topological polar surface area (TPSA) is 34.1 Å². The summed E-state index contributed by atoms with van der Waals surface area (Å²) in [6, 6.07) is 14.3. The number of pyridine rings is 1. The van der Waals surface area contributed by atoms with Crippen LogP contribution in [0.3, 0.4) is 0 Å². The Kier molecular flexibility index (Phi) is 3.79. The average Bonchev–Trinajstić information content (AvgIpc) is 2.51.